The Morgan fingerprint density at radius 2 is 1.69 bits per heavy atom. The largest absolute Gasteiger partial charge is 0.461 e. The second kappa shape index (κ2) is 17.0. The number of esters is 1. The molecule has 0 aliphatic heterocycles. The Bertz CT molecular complexity index is 1810. The topological polar surface area (TPSA) is 174 Å². The van der Waals surface area contributed by atoms with Crippen LogP contribution in [0.25, 0.3) is 10.6 Å². The van der Waals surface area contributed by atoms with Crippen molar-refractivity contribution in [3.63, 3.8) is 0 Å². The number of rotatable bonds is 14. The van der Waals surface area contributed by atoms with E-state index in [0.29, 0.717) is 34.0 Å². The summed E-state index contributed by atoms with van der Waals surface area (Å²) in [6, 6.07) is 2.22. The molecule has 3 N–H and O–H groups in total. The summed E-state index contributed by atoms with van der Waals surface area (Å²) in [6.45, 7) is 7.67. The monoisotopic (exact) mass is 841 g/mol. The Morgan fingerprint density at radius 3 is 2.33 bits per heavy atom. The number of carbonyl (C=O) groups excluding carboxylic acids is 4. The first kappa shape index (κ1) is 37.7. The van der Waals surface area contributed by atoms with Crippen molar-refractivity contribution in [2.24, 2.45) is 5.92 Å². The van der Waals surface area contributed by atoms with Crippen LogP contribution in [0.5, 0.6) is 0 Å². The number of hydrogen-bond donors (Lipinski definition) is 3. The Labute approximate surface area is 305 Å². The van der Waals surface area contributed by atoms with Gasteiger partial charge in [-0.05, 0) is 63.8 Å². The predicted molar refractivity (Wildman–Crippen MR) is 190 cm³/mol. The van der Waals surface area contributed by atoms with Crippen molar-refractivity contribution in [1.82, 2.24) is 35.9 Å². The molecule has 0 unspecified atom stereocenters. The summed E-state index contributed by atoms with van der Waals surface area (Å²) in [5.74, 6) is -1.94. The van der Waals surface area contributed by atoms with Crippen LogP contribution in [0, 0.1) is 12.8 Å². The van der Waals surface area contributed by atoms with Crippen LogP contribution in [0.1, 0.15) is 90.5 Å². The van der Waals surface area contributed by atoms with E-state index >= 15 is 0 Å². The highest BCUT2D eigenvalue weighted by Crippen LogP contribution is 2.33. The van der Waals surface area contributed by atoms with E-state index in [9.17, 15) is 19.2 Å². The summed E-state index contributed by atoms with van der Waals surface area (Å²) in [5.41, 5.74) is 1.20. The number of nitrogens with one attached hydrogen (secondary N) is 3. The molecule has 4 rings (SSSR count). The molecule has 4 aromatic heterocycles. The van der Waals surface area contributed by atoms with Crippen LogP contribution < -0.4 is 16.0 Å². The minimum Gasteiger partial charge on any atom is -0.461 e. The molecule has 0 bridgehead atoms. The van der Waals surface area contributed by atoms with Crippen LogP contribution in [-0.2, 0) is 20.9 Å². The number of ether oxygens (including phenoxy) is 2. The number of hydrogen-bond acceptors (Lipinski definition) is 13. The van der Waals surface area contributed by atoms with E-state index in [-0.39, 0.29) is 48.5 Å². The number of nitrogens with zero attached hydrogens (tertiary/aromatic N) is 4. The number of aromatic nitrogens is 4. The van der Waals surface area contributed by atoms with Gasteiger partial charge >= 0.3 is 5.97 Å². The summed E-state index contributed by atoms with van der Waals surface area (Å²) in [7, 11) is 3.02. The number of amides is 3. The van der Waals surface area contributed by atoms with E-state index < -0.39 is 29.9 Å². The molecule has 0 fully saturated rings. The second-order valence-corrected chi connectivity index (χ2v) is 15.3. The van der Waals surface area contributed by atoms with Gasteiger partial charge in [0, 0.05) is 30.0 Å². The lowest BCUT2D eigenvalue weighted by Gasteiger charge is -2.20. The SMILES string of the molecule is CCOC(=O)c1nc([C@@H](NC(=O)c2nc([C@H](CC(=O)NC)NC(=O)c3csc(-c4ccc(Br)nc4Br)n3)sc2C)C(C)C)sc1COC. The molecule has 256 valence electrons. The number of thiazole rings is 3. The van der Waals surface area contributed by atoms with Gasteiger partial charge in [0.25, 0.3) is 11.8 Å². The van der Waals surface area contributed by atoms with Crippen LogP contribution in [0.15, 0.2) is 26.7 Å². The van der Waals surface area contributed by atoms with Crippen LogP contribution in [0.4, 0.5) is 0 Å². The smallest absolute Gasteiger partial charge is 0.358 e. The van der Waals surface area contributed by atoms with Gasteiger partial charge in [-0.2, -0.15) is 0 Å². The lowest BCUT2D eigenvalue weighted by atomic mass is 10.0. The summed E-state index contributed by atoms with van der Waals surface area (Å²) < 4.78 is 11.7. The van der Waals surface area contributed by atoms with Crippen molar-refractivity contribution in [3.05, 3.63) is 63.6 Å². The van der Waals surface area contributed by atoms with Gasteiger partial charge in [0.15, 0.2) is 5.69 Å². The molecule has 18 heteroatoms. The lowest BCUT2D eigenvalue weighted by Crippen LogP contribution is -2.34. The molecule has 0 aliphatic rings. The molecular weight excluding hydrogens is 810 g/mol. The van der Waals surface area contributed by atoms with Crippen molar-refractivity contribution in [2.75, 3.05) is 20.8 Å². The minimum atomic E-state index is -0.836. The van der Waals surface area contributed by atoms with Crippen molar-refractivity contribution >= 4 is 89.6 Å². The van der Waals surface area contributed by atoms with Gasteiger partial charge < -0.3 is 25.4 Å². The first-order chi connectivity index (χ1) is 22.9. The Hall–Kier alpha value is -3.16. The third kappa shape index (κ3) is 9.09. The molecule has 0 radical (unpaired) electrons. The second-order valence-electron chi connectivity index (χ2n) is 10.5. The van der Waals surface area contributed by atoms with Gasteiger partial charge in [0.05, 0.1) is 36.6 Å². The zero-order valence-corrected chi connectivity index (χ0v) is 32.4. The molecule has 13 nitrogen and oxygen atoms in total. The average Bonchev–Trinajstić information content (AvgIpc) is 3.78. The van der Waals surface area contributed by atoms with Crippen LogP contribution >= 0.6 is 65.9 Å². The maximum absolute atomic E-state index is 13.7. The highest BCUT2D eigenvalue weighted by atomic mass is 79.9. The van der Waals surface area contributed by atoms with Gasteiger partial charge in [0.1, 0.15) is 35.6 Å². The molecule has 0 spiro atoms. The van der Waals surface area contributed by atoms with Crippen molar-refractivity contribution in [2.45, 2.75) is 52.8 Å². The minimum absolute atomic E-state index is 0.0962. The third-order valence-corrected chi connectivity index (χ3v) is 10.9. The van der Waals surface area contributed by atoms with Crippen molar-refractivity contribution in [1.29, 1.82) is 0 Å². The van der Waals surface area contributed by atoms with E-state index in [1.807, 2.05) is 19.9 Å². The van der Waals surface area contributed by atoms with E-state index in [1.54, 1.807) is 25.3 Å². The van der Waals surface area contributed by atoms with Crippen molar-refractivity contribution in [3.8, 4) is 10.6 Å². The van der Waals surface area contributed by atoms with E-state index in [2.05, 4.69) is 67.7 Å². The number of methoxy groups -OCH3 is 1. The fourth-order valence-electron chi connectivity index (χ4n) is 4.38. The standard InChI is InChI=1S/C30H33Br2N7O6S3/c1-7-45-30(43)23-18(11-44-6)48-29(39-23)21(13(2)3)37-26(42)22-14(4)47-28(38-22)16(10-20(40)33-5)34-25(41)17-12-46-27(35-17)15-8-9-19(31)36-24(15)32/h8-9,12-13,16,21H,7,10-11H2,1-6H3,(H,33,40)(H,34,41)(H,37,42)/t16-,21-/m0/s1. The third-order valence-electron chi connectivity index (χ3n) is 6.76. The molecule has 0 aliphatic carbocycles. The van der Waals surface area contributed by atoms with E-state index in [4.69, 9.17) is 9.47 Å². The molecule has 0 saturated carbocycles. The molecule has 2 atom stereocenters. The van der Waals surface area contributed by atoms with Crippen molar-refractivity contribution < 1.29 is 28.7 Å². The molecule has 48 heavy (non-hydrogen) atoms. The lowest BCUT2D eigenvalue weighted by molar-refractivity contribution is -0.121. The summed E-state index contributed by atoms with van der Waals surface area (Å²) in [6.07, 6.45) is -0.109. The number of carbonyl (C=O) groups is 4. The van der Waals surface area contributed by atoms with Gasteiger partial charge in [-0.1, -0.05) is 13.8 Å². The Kier molecular flexibility index (Phi) is 13.3. The highest BCUT2D eigenvalue weighted by Gasteiger charge is 2.30. The highest BCUT2D eigenvalue weighted by molar-refractivity contribution is 9.11. The number of halogens is 2. The quantitative estimate of drug-likeness (QED) is 0.101. The summed E-state index contributed by atoms with van der Waals surface area (Å²) in [4.78, 5) is 71.2. The molecule has 0 aromatic carbocycles. The van der Waals surface area contributed by atoms with Crippen LogP contribution in [0.2, 0.25) is 0 Å². The molecule has 4 heterocycles. The van der Waals surface area contributed by atoms with E-state index in [1.165, 1.54) is 48.2 Å². The van der Waals surface area contributed by atoms with Gasteiger partial charge in [0.2, 0.25) is 5.91 Å². The summed E-state index contributed by atoms with van der Waals surface area (Å²) >= 11 is 10.5. The molecule has 4 aromatic rings. The zero-order valence-electron chi connectivity index (χ0n) is 26.8. The van der Waals surface area contributed by atoms with Gasteiger partial charge in [-0.15, -0.1) is 34.0 Å². The summed E-state index contributed by atoms with van der Waals surface area (Å²) in [5, 5.41) is 11.6. The predicted octanol–water partition coefficient (Wildman–Crippen LogP) is 6.01. The van der Waals surface area contributed by atoms with Gasteiger partial charge in [-0.3, -0.25) is 14.4 Å². The first-order valence-corrected chi connectivity index (χ1v) is 18.7. The average molecular weight is 844 g/mol. The molecule has 3 amide bonds. The van der Waals surface area contributed by atoms with Crippen LogP contribution in [0.3, 0.4) is 0 Å². The fourth-order valence-corrected chi connectivity index (χ4v) is 8.62. The van der Waals surface area contributed by atoms with Gasteiger partial charge in [-0.25, -0.2) is 24.7 Å². The Morgan fingerprint density at radius 1 is 0.958 bits per heavy atom. The van der Waals surface area contributed by atoms with Crippen LogP contribution in [-0.4, -0.2) is 64.4 Å². The Balaban J connectivity index is 1.57. The number of aryl methyl sites for hydroxylation is 1. The molecular formula is C30H33Br2N7O6S3. The number of pyridine rings is 1. The first-order valence-electron chi connectivity index (χ1n) is 14.6. The normalized spacial score (nSPS) is 12.4. The maximum atomic E-state index is 13.7. The fraction of sp³-hybridized carbons (Fsp3) is 0.400. The van der Waals surface area contributed by atoms with E-state index in [0.717, 1.165) is 5.56 Å². The maximum Gasteiger partial charge on any atom is 0.358 e. The molecule has 0 saturated heterocycles. The zero-order chi connectivity index (χ0) is 35.1.